The van der Waals surface area contributed by atoms with Gasteiger partial charge in [-0.05, 0) is 28.9 Å². The van der Waals surface area contributed by atoms with Gasteiger partial charge in [-0.3, -0.25) is 10.1 Å². The molecule has 0 aliphatic rings. The fourth-order valence-corrected chi connectivity index (χ4v) is 2.09. The van der Waals surface area contributed by atoms with E-state index in [0.717, 1.165) is 5.69 Å². The smallest absolute Gasteiger partial charge is 0.273 e. The van der Waals surface area contributed by atoms with E-state index in [4.69, 9.17) is 9.47 Å². The predicted octanol–water partition coefficient (Wildman–Crippen LogP) is 2.74. The van der Waals surface area contributed by atoms with Gasteiger partial charge in [0.2, 0.25) is 0 Å². The van der Waals surface area contributed by atoms with Gasteiger partial charge >= 0.3 is 0 Å². The third-order valence-corrected chi connectivity index (χ3v) is 3.34. The van der Waals surface area contributed by atoms with Gasteiger partial charge in [0.05, 0.1) is 17.6 Å². The minimum Gasteiger partial charge on any atom is -0.382 e. The van der Waals surface area contributed by atoms with Gasteiger partial charge in [0.1, 0.15) is 0 Å². The maximum absolute atomic E-state index is 10.8. The van der Waals surface area contributed by atoms with Crippen molar-refractivity contribution in [2.45, 2.75) is 13.0 Å². The Morgan fingerprint density at radius 2 is 2.16 bits per heavy atom. The molecule has 0 aromatic heterocycles. The van der Waals surface area contributed by atoms with Crippen LogP contribution in [0.3, 0.4) is 0 Å². The molecule has 106 valence electrons. The Kier molecular flexibility index (Phi) is 6.20. The van der Waals surface area contributed by atoms with Crippen LogP contribution in [0.15, 0.2) is 16.6 Å². The number of anilines is 1. The first-order valence-corrected chi connectivity index (χ1v) is 6.49. The van der Waals surface area contributed by atoms with Crippen molar-refractivity contribution in [3.63, 3.8) is 0 Å². The van der Waals surface area contributed by atoms with E-state index in [-0.39, 0.29) is 11.8 Å². The van der Waals surface area contributed by atoms with E-state index in [1.165, 1.54) is 6.07 Å². The number of nitrogens with zero attached hydrogens (tertiary/aromatic N) is 1. The van der Waals surface area contributed by atoms with Crippen molar-refractivity contribution in [3.8, 4) is 0 Å². The highest BCUT2D eigenvalue weighted by molar-refractivity contribution is 9.10. The van der Waals surface area contributed by atoms with Gasteiger partial charge < -0.3 is 14.8 Å². The Morgan fingerprint density at radius 1 is 1.47 bits per heavy atom. The number of nitro groups is 1. The molecular weight excluding hydrogens is 316 g/mol. The molecule has 1 unspecified atom stereocenters. The first-order chi connectivity index (χ1) is 8.99. The van der Waals surface area contributed by atoms with Crippen molar-refractivity contribution in [2.75, 3.05) is 32.7 Å². The highest BCUT2D eigenvalue weighted by Gasteiger charge is 2.15. The molecule has 1 aromatic rings. The molecule has 0 amide bonds. The standard InChI is InChI=1S/C12H17BrN2O4/c1-8-4-11(10(13)5-12(8)15(16)17)14-6-9(19-3)7-18-2/h4-5,9,14H,6-7H2,1-3H3. The number of nitrogens with one attached hydrogen (secondary N) is 1. The van der Waals surface area contributed by atoms with Crippen LogP contribution in [0.4, 0.5) is 11.4 Å². The predicted molar refractivity (Wildman–Crippen MR) is 76.7 cm³/mol. The second kappa shape index (κ2) is 7.42. The van der Waals surface area contributed by atoms with E-state index in [1.54, 1.807) is 27.2 Å². The second-order valence-electron chi connectivity index (χ2n) is 4.07. The lowest BCUT2D eigenvalue weighted by Gasteiger charge is -2.17. The molecule has 6 nitrogen and oxygen atoms in total. The number of hydrogen-bond donors (Lipinski definition) is 1. The fraction of sp³-hybridized carbons (Fsp3) is 0.500. The number of methoxy groups -OCH3 is 2. The Bertz CT molecular complexity index is 454. The van der Waals surface area contributed by atoms with Crippen LogP contribution in [0.5, 0.6) is 0 Å². The number of benzene rings is 1. The SMILES string of the molecule is COCC(CNc1cc(C)c([N+](=O)[O-])cc1Br)OC. The average Bonchev–Trinajstić information content (AvgIpc) is 2.37. The molecule has 0 heterocycles. The lowest BCUT2D eigenvalue weighted by Crippen LogP contribution is -2.26. The van der Waals surface area contributed by atoms with Crippen LogP contribution in [-0.4, -0.2) is 38.4 Å². The molecule has 0 spiro atoms. The molecule has 0 aliphatic heterocycles. The zero-order chi connectivity index (χ0) is 14.4. The van der Waals surface area contributed by atoms with E-state index >= 15 is 0 Å². The molecule has 1 aromatic carbocycles. The van der Waals surface area contributed by atoms with Gasteiger partial charge in [-0.15, -0.1) is 0 Å². The van der Waals surface area contributed by atoms with E-state index in [9.17, 15) is 10.1 Å². The lowest BCUT2D eigenvalue weighted by atomic mass is 10.2. The van der Waals surface area contributed by atoms with Gasteiger partial charge in [-0.2, -0.15) is 0 Å². The Labute approximate surface area is 120 Å². The van der Waals surface area contributed by atoms with Crippen LogP contribution < -0.4 is 5.32 Å². The molecule has 1 N–H and O–H groups in total. The van der Waals surface area contributed by atoms with Crippen LogP contribution in [0, 0.1) is 17.0 Å². The van der Waals surface area contributed by atoms with Crippen LogP contribution in [0.25, 0.3) is 0 Å². The van der Waals surface area contributed by atoms with E-state index in [0.29, 0.717) is 23.2 Å². The minimum atomic E-state index is -0.396. The van der Waals surface area contributed by atoms with Gasteiger partial charge in [0.25, 0.3) is 5.69 Å². The summed E-state index contributed by atoms with van der Waals surface area (Å²) in [6.07, 6.45) is -0.0765. The van der Waals surface area contributed by atoms with Crippen molar-refractivity contribution in [1.82, 2.24) is 0 Å². The normalized spacial score (nSPS) is 12.2. The number of hydrogen-bond acceptors (Lipinski definition) is 5. The number of halogens is 1. The summed E-state index contributed by atoms with van der Waals surface area (Å²) in [5.74, 6) is 0. The number of nitro benzene ring substituents is 1. The zero-order valence-corrected chi connectivity index (χ0v) is 12.7. The highest BCUT2D eigenvalue weighted by Crippen LogP contribution is 2.30. The minimum absolute atomic E-state index is 0.0765. The van der Waals surface area contributed by atoms with Crippen molar-refractivity contribution in [2.24, 2.45) is 0 Å². The summed E-state index contributed by atoms with van der Waals surface area (Å²) in [6.45, 7) is 2.74. The third-order valence-electron chi connectivity index (χ3n) is 2.69. The molecule has 0 saturated heterocycles. The maximum Gasteiger partial charge on any atom is 0.273 e. The summed E-state index contributed by atoms with van der Waals surface area (Å²) >= 11 is 3.32. The van der Waals surface area contributed by atoms with Crippen molar-refractivity contribution < 1.29 is 14.4 Å². The van der Waals surface area contributed by atoms with Gasteiger partial charge in [0, 0.05) is 42.6 Å². The quantitative estimate of drug-likeness (QED) is 0.613. The first-order valence-electron chi connectivity index (χ1n) is 5.69. The number of aryl methyl sites for hydroxylation is 1. The zero-order valence-electron chi connectivity index (χ0n) is 11.1. The van der Waals surface area contributed by atoms with Crippen LogP contribution in [0.2, 0.25) is 0 Å². The van der Waals surface area contributed by atoms with Crippen molar-refractivity contribution in [3.05, 3.63) is 32.3 Å². The molecular formula is C12H17BrN2O4. The van der Waals surface area contributed by atoms with Gasteiger partial charge in [-0.1, -0.05) is 0 Å². The summed E-state index contributed by atoms with van der Waals surface area (Å²) in [5, 5.41) is 14.0. The number of rotatable bonds is 7. The molecule has 1 atom stereocenters. The van der Waals surface area contributed by atoms with Crippen molar-refractivity contribution in [1.29, 1.82) is 0 Å². The lowest BCUT2D eigenvalue weighted by molar-refractivity contribution is -0.385. The Hall–Kier alpha value is -1.18. The third kappa shape index (κ3) is 4.45. The Morgan fingerprint density at radius 3 is 2.68 bits per heavy atom. The first kappa shape index (κ1) is 15.9. The topological polar surface area (TPSA) is 73.6 Å². The molecule has 0 aliphatic carbocycles. The largest absolute Gasteiger partial charge is 0.382 e. The van der Waals surface area contributed by atoms with E-state index in [2.05, 4.69) is 21.2 Å². The molecule has 7 heteroatoms. The van der Waals surface area contributed by atoms with E-state index < -0.39 is 4.92 Å². The molecule has 0 saturated carbocycles. The van der Waals surface area contributed by atoms with Crippen molar-refractivity contribution >= 4 is 27.3 Å². The van der Waals surface area contributed by atoms with Gasteiger partial charge in [-0.25, -0.2) is 0 Å². The average molecular weight is 333 g/mol. The summed E-state index contributed by atoms with van der Waals surface area (Å²) in [6, 6.07) is 3.23. The molecule has 1 rings (SSSR count). The summed E-state index contributed by atoms with van der Waals surface area (Å²) in [7, 11) is 3.22. The second-order valence-corrected chi connectivity index (χ2v) is 4.92. The summed E-state index contributed by atoms with van der Waals surface area (Å²) in [5.41, 5.74) is 1.50. The van der Waals surface area contributed by atoms with E-state index in [1.807, 2.05) is 0 Å². The molecule has 0 bridgehead atoms. The highest BCUT2D eigenvalue weighted by atomic mass is 79.9. The molecule has 19 heavy (non-hydrogen) atoms. The monoisotopic (exact) mass is 332 g/mol. The van der Waals surface area contributed by atoms with Crippen LogP contribution >= 0.6 is 15.9 Å². The summed E-state index contributed by atoms with van der Waals surface area (Å²) < 4.78 is 10.9. The summed E-state index contributed by atoms with van der Waals surface area (Å²) in [4.78, 5) is 10.4. The maximum atomic E-state index is 10.8. The van der Waals surface area contributed by atoms with Gasteiger partial charge in [0.15, 0.2) is 0 Å². The fourth-order valence-electron chi connectivity index (χ4n) is 1.62. The Balaban J connectivity index is 2.79. The molecule has 0 fully saturated rings. The van der Waals surface area contributed by atoms with Crippen LogP contribution in [-0.2, 0) is 9.47 Å². The van der Waals surface area contributed by atoms with Crippen LogP contribution in [0.1, 0.15) is 5.56 Å². The molecule has 0 radical (unpaired) electrons. The number of ether oxygens (including phenoxy) is 2.